The Morgan fingerprint density at radius 3 is 2.60 bits per heavy atom. The van der Waals surface area contributed by atoms with Crippen molar-refractivity contribution >= 4 is 11.3 Å². The lowest BCUT2D eigenvalue weighted by atomic mass is 10.2. The van der Waals surface area contributed by atoms with Crippen LogP contribution >= 0.6 is 11.3 Å². The number of hydrogen-bond donors (Lipinski definition) is 1. The first-order valence-electron chi connectivity index (χ1n) is 6.69. The second kappa shape index (κ2) is 7.38. The standard InChI is InChI=1S/C15H20N2O2S/c1-3-8-19-12-6-4-11(5-7-12)15-17-13(10-18-2)14(9-16)20-15/h4-7H,3,8-10,16H2,1-2H3. The minimum absolute atomic E-state index is 0.494. The molecule has 1 aromatic heterocycles. The van der Waals surface area contributed by atoms with Crippen molar-refractivity contribution in [1.29, 1.82) is 0 Å². The molecule has 0 bridgehead atoms. The lowest BCUT2D eigenvalue weighted by molar-refractivity contribution is 0.181. The van der Waals surface area contributed by atoms with Gasteiger partial charge >= 0.3 is 0 Å². The highest BCUT2D eigenvalue weighted by molar-refractivity contribution is 7.15. The molecule has 1 heterocycles. The molecule has 20 heavy (non-hydrogen) atoms. The van der Waals surface area contributed by atoms with Gasteiger partial charge in [0.2, 0.25) is 0 Å². The molecule has 0 saturated heterocycles. The first kappa shape index (κ1) is 15.0. The molecule has 0 aliphatic heterocycles. The van der Waals surface area contributed by atoms with Crippen molar-refractivity contribution in [3.05, 3.63) is 34.8 Å². The summed E-state index contributed by atoms with van der Waals surface area (Å²) in [5.74, 6) is 0.892. The molecular formula is C15H20N2O2S. The highest BCUT2D eigenvalue weighted by Gasteiger charge is 2.11. The van der Waals surface area contributed by atoms with E-state index < -0.39 is 0 Å². The Labute approximate surface area is 123 Å². The van der Waals surface area contributed by atoms with E-state index in [0.29, 0.717) is 13.2 Å². The molecule has 1 aromatic carbocycles. The van der Waals surface area contributed by atoms with Crippen LogP contribution in [0.25, 0.3) is 10.6 Å². The molecule has 0 aliphatic rings. The van der Waals surface area contributed by atoms with E-state index in [1.807, 2.05) is 24.3 Å². The van der Waals surface area contributed by atoms with Crippen molar-refractivity contribution in [2.75, 3.05) is 13.7 Å². The van der Waals surface area contributed by atoms with Crippen molar-refractivity contribution in [2.45, 2.75) is 26.5 Å². The van der Waals surface area contributed by atoms with Crippen molar-refractivity contribution < 1.29 is 9.47 Å². The van der Waals surface area contributed by atoms with Gasteiger partial charge in [-0.1, -0.05) is 6.92 Å². The molecule has 5 heteroatoms. The molecule has 0 atom stereocenters. The van der Waals surface area contributed by atoms with Gasteiger partial charge in [-0.3, -0.25) is 0 Å². The van der Waals surface area contributed by atoms with Gasteiger partial charge in [-0.25, -0.2) is 4.98 Å². The van der Waals surface area contributed by atoms with Gasteiger partial charge in [0.25, 0.3) is 0 Å². The lowest BCUT2D eigenvalue weighted by Crippen LogP contribution is -1.99. The minimum Gasteiger partial charge on any atom is -0.494 e. The maximum absolute atomic E-state index is 5.75. The van der Waals surface area contributed by atoms with Crippen LogP contribution < -0.4 is 10.5 Å². The van der Waals surface area contributed by atoms with Crippen LogP contribution in [0.1, 0.15) is 23.9 Å². The number of rotatable bonds is 7. The van der Waals surface area contributed by atoms with E-state index in [-0.39, 0.29) is 0 Å². The highest BCUT2D eigenvalue weighted by Crippen LogP contribution is 2.29. The van der Waals surface area contributed by atoms with Crippen LogP contribution in [-0.2, 0) is 17.9 Å². The van der Waals surface area contributed by atoms with Crippen LogP contribution in [0.5, 0.6) is 5.75 Å². The van der Waals surface area contributed by atoms with Crippen molar-refractivity contribution in [1.82, 2.24) is 4.98 Å². The number of hydrogen-bond acceptors (Lipinski definition) is 5. The third-order valence-electron chi connectivity index (χ3n) is 2.82. The molecular weight excluding hydrogens is 272 g/mol. The Hall–Kier alpha value is -1.43. The van der Waals surface area contributed by atoms with Gasteiger partial charge in [0, 0.05) is 24.1 Å². The Morgan fingerprint density at radius 1 is 1.25 bits per heavy atom. The molecule has 0 amide bonds. The Balaban J connectivity index is 2.18. The first-order valence-corrected chi connectivity index (χ1v) is 7.51. The summed E-state index contributed by atoms with van der Waals surface area (Å²) >= 11 is 1.62. The summed E-state index contributed by atoms with van der Waals surface area (Å²) < 4.78 is 10.7. The maximum atomic E-state index is 5.75. The van der Waals surface area contributed by atoms with Crippen LogP contribution in [0.3, 0.4) is 0 Å². The molecule has 0 aliphatic carbocycles. The maximum Gasteiger partial charge on any atom is 0.124 e. The lowest BCUT2D eigenvalue weighted by Gasteiger charge is -2.04. The van der Waals surface area contributed by atoms with E-state index in [2.05, 4.69) is 11.9 Å². The normalized spacial score (nSPS) is 10.8. The summed E-state index contributed by atoms with van der Waals surface area (Å²) in [5, 5.41) is 0.972. The highest BCUT2D eigenvalue weighted by atomic mass is 32.1. The zero-order chi connectivity index (χ0) is 14.4. The van der Waals surface area contributed by atoms with Gasteiger partial charge in [0.05, 0.1) is 18.9 Å². The number of aromatic nitrogens is 1. The molecule has 2 rings (SSSR count). The molecule has 0 fully saturated rings. The van der Waals surface area contributed by atoms with E-state index in [1.165, 1.54) is 0 Å². The second-order valence-corrected chi connectivity index (χ2v) is 5.48. The Morgan fingerprint density at radius 2 is 2.00 bits per heavy atom. The molecule has 0 unspecified atom stereocenters. The number of thiazole rings is 1. The van der Waals surface area contributed by atoms with E-state index >= 15 is 0 Å². The summed E-state index contributed by atoms with van der Waals surface area (Å²) in [6.45, 7) is 3.83. The van der Waals surface area contributed by atoms with Crippen LogP contribution in [0.4, 0.5) is 0 Å². The Bertz CT molecular complexity index is 537. The minimum atomic E-state index is 0.494. The summed E-state index contributed by atoms with van der Waals surface area (Å²) in [7, 11) is 1.67. The van der Waals surface area contributed by atoms with Gasteiger partial charge < -0.3 is 15.2 Å². The predicted molar refractivity (Wildman–Crippen MR) is 81.9 cm³/mol. The van der Waals surface area contributed by atoms with E-state index in [1.54, 1.807) is 18.4 Å². The quantitative estimate of drug-likeness (QED) is 0.851. The second-order valence-electron chi connectivity index (χ2n) is 4.40. The average Bonchev–Trinajstić information content (AvgIpc) is 2.89. The molecule has 4 nitrogen and oxygen atoms in total. The zero-order valence-electron chi connectivity index (χ0n) is 11.9. The predicted octanol–water partition coefficient (Wildman–Crippen LogP) is 3.20. The number of methoxy groups -OCH3 is 1. The molecule has 2 aromatic rings. The first-order chi connectivity index (χ1) is 9.78. The number of nitrogens with zero attached hydrogens (tertiary/aromatic N) is 1. The van der Waals surface area contributed by atoms with Crippen LogP contribution in [-0.4, -0.2) is 18.7 Å². The largest absolute Gasteiger partial charge is 0.494 e. The number of benzene rings is 1. The fourth-order valence-electron chi connectivity index (χ4n) is 1.83. The third kappa shape index (κ3) is 3.56. The van der Waals surface area contributed by atoms with Gasteiger partial charge in [0.15, 0.2) is 0 Å². The summed E-state index contributed by atoms with van der Waals surface area (Å²) in [6, 6.07) is 8.01. The van der Waals surface area contributed by atoms with Gasteiger partial charge in [0.1, 0.15) is 10.8 Å². The smallest absolute Gasteiger partial charge is 0.124 e. The molecule has 0 saturated carbocycles. The Kier molecular flexibility index (Phi) is 5.52. The fraction of sp³-hybridized carbons (Fsp3) is 0.400. The average molecular weight is 292 g/mol. The van der Waals surface area contributed by atoms with Crippen LogP contribution in [0, 0.1) is 0 Å². The molecule has 0 spiro atoms. The topological polar surface area (TPSA) is 57.4 Å². The van der Waals surface area contributed by atoms with Gasteiger partial charge in [-0.2, -0.15) is 0 Å². The SMILES string of the molecule is CCCOc1ccc(-c2nc(COC)c(CN)s2)cc1. The van der Waals surface area contributed by atoms with Crippen LogP contribution in [0.15, 0.2) is 24.3 Å². The zero-order valence-corrected chi connectivity index (χ0v) is 12.7. The number of nitrogens with two attached hydrogens (primary N) is 1. The molecule has 108 valence electrons. The molecule has 2 N–H and O–H groups in total. The summed E-state index contributed by atoms with van der Waals surface area (Å²) in [5.41, 5.74) is 7.76. The van der Waals surface area contributed by atoms with E-state index in [9.17, 15) is 0 Å². The monoisotopic (exact) mass is 292 g/mol. The van der Waals surface area contributed by atoms with Gasteiger partial charge in [-0.15, -0.1) is 11.3 Å². The van der Waals surface area contributed by atoms with Crippen LogP contribution in [0.2, 0.25) is 0 Å². The van der Waals surface area contributed by atoms with Gasteiger partial charge in [-0.05, 0) is 30.7 Å². The fourth-order valence-corrected chi connectivity index (χ4v) is 2.78. The van der Waals surface area contributed by atoms with E-state index in [4.69, 9.17) is 15.2 Å². The summed E-state index contributed by atoms with van der Waals surface area (Å²) in [4.78, 5) is 5.68. The van der Waals surface area contributed by atoms with E-state index in [0.717, 1.165) is 39.9 Å². The van der Waals surface area contributed by atoms with Crippen molar-refractivity contribution in [3.8, 4) is 16.3 Å². The molecule has 0 radical (unpaired) electrons. The summed E-state index contributed by atoms with van der Waals surface area (Å²) in [6.07, 6.45) is 1.01. The van der Waals surface area contributed by atoms with Crippen molar-refractivity contribution in [3.63, 3.8) is 0 Å². The third-order valence-corrected chi connectivity index (χ3v) is 3.99. The number of ether oxygens (including phenoxy) is 2. The van der Waals surface area contributed by atoms with Crippen molar-refractivity contribution in [2.24, 2.45) is 5.73 Å².